The van der Waals surface area contributed by atoms with Crippen molar-refractivity contribution >= 4 is 11.5 Å². The molecule has 88 valence electrons. The summed E-state index contributed by atoms with van der Waals surface area (Å²) < 4.78 is 0. The number of aromatic nitrogens is 2. The number of hydrogen-bond donors (Lipinski definition) is 2. The predicted octanol–water partition coefficient (Wildman–Crippen LogP) is 2.30. The van der Waals surface area contributed by atoms with E-state index in [1.807, 2.05) is 0 Å². The van der Waals surface area contributed by atoms with E-state index in [4.69, 9.17) is 5.73 Å². The molecule has 1 aromatic rings. The van der Waals surface area contributed by atoms with Crippen molar-refractivity contribution < 1.29 is 0 Å². The van der Waals surface area contributed by atoms with E-state index < -0.39 is 0 Å². The monoisotopic (exact) mass is 220 g/mol. The molecule has 1 aliphatic rings. The normalized spacial score (nSPS) is 29.2. The van der Waals surface area contributed by atoms with Crippen LogP contribution >= 0.6 is 0 Å². The Balaban J connectivity index is 2.04. The van der Waals surface area contributed by atoms with E-state index in [0.717, 1.165) is 11.7 Å². The lowest BCUT2D eigenvalue weighted by Gasteiger charge is -2.21. The van der Waals surface area contributed by atoms with Gasteiger partial charge in [0.15, 0.2) is 5.82 Å². The molecule has 4 heteroatoms. The van der Waals surface area contributed by atoms with Gasteiger partial charge in [0.05, 0.1) is 11.9 Å². The number of rotatable bonds is 3. The number of nitrogen functional groups attached to an aromatic ring is 1. The fraction of sp³-hybridized carbons (Fsp3) is 0.667. The average molecular weight is 220 g/mol. The van der Waals surface area contributed by atoms with Crippen LogP contribution in [0, 0.1) is 11.8 Å². The Morgan fingerprint density at radius 3 is 2.94 bits per heavy atom. The molecule has 1 fully saturated rings. The molecule has 0 aromatic carbocycles. The highest BCUT2D eigenvalue weighted by Gasteiger charge is 2.31. The van der Waals surface area contributed by atoms with Crippen LogP contribution in [0.3, 0.4) is 0 Å². The summed E-state index contributed by atoms with van der Waals surface area (Å²) in [4.78, 5) is 8.07. The minimum absolute atomic E-state index is 0.502. The molecular weight excluding hydrogens is 200 g/mol. The van der Waals surface area contributed by atoms with Crippen molar-refractivity contribution in [2.45, 2.75) is 39.2 Å². The lowest BCUT2D eigenvalue weighted by Crippen LogP contribution is -2.25. The molecule has 1 heterocycles. The number of hydrogen-bond acceptors (Lipinski definition) is 4. The quantitative estimate of drug-likeness (QED) is 0.820. The van der Waals surface area contributed by atoms with Crippen LogP contribution in [-0.2, 0) is 0 Å². The summed E-state index contributed by atoms with van der Waals surface area (Å²) in [5.41, 5.74) is 6.46. The van der Waals surface area contributed by atoms with E-state index in [1.54, 1.807) is 6.20 Å². The van der Waals surface area contributed by atoms with Gasteiger partial charge in [0.25, 0.3) is 0 Å². The van der Waals surface area contributed by atoms with Gasteiger partial charge in [-0.3, -0.25) is 0 Å². The standard InChI is InChI=1S/C12H20N4/c1-3-9-4-5-11(8(9)2)16-12-10(13)6-14-7-15-12/h6-9,11H,3-5,13H2,1-2H3,(H,14,15,16). The fourth-order valence-electron chi connectivity index (χ4n) is 2.66. The fourth-order valence-corrected chi connectivity index (χ4v) is 2.66. The zero-order chi connectivity index (χ0) is 11.5. The van der Waals surface area contributed by atoms with Crippen molar-refractivity contribution in [2.24, 2.45) is 11.8 Å². The summed E-state index contributed by atoms with van der Waals surface area (Å²) in [7, 11) is 0. The first kappa shape index (κ1) is 11.2. The second-order valence-electron chi connectivity index (χ2n) is 4.68. The van der Waals surface area contributed by atoms with Crippen LogP contribution in [0.25, 0.3) is 0 Å². The minimum Gasteiger partial charge on any atom is -0.394 e. The average Bonchev–Trinajstić information content (AvgIpc) is 2.63. The van der Waals surface area contributed by atoms with Gasteiger partial charge in [-0.2, -0.15) is 0 Å². The second-order valence-corrected chi connectivity index (χ2v) is 4.68. The molecule has 0 amide bonds. The van der Waals surface area contributed by atoms with Crippen molar-refractivity contribution in [1.82, 2.24) is 9.97 Å². The molecule has 1 saturated carbocycles. The van der Waals surface area contributed by atoms with Crippen LogP contribution < -0.4 is 11.1 Å². The largest absolute Gasteiger partial charge is 0.394 e. The molecular formula is C12H20N4. The third-order valence-corrected chi connectivity index (χ3v) is 3.81. The van der Waals surface area contributed by atoms with Crippen molar-refractivity contribution in [1.29, 1.82) is 0 Å². The third-order valence-electron chi connectivity index (χ3n) is 3.81. The Kier molecular flexibility index (Phi) is 3.27. The molecule has 0 radical (unpaired) electrons. The molecule has 0 spiro atoms. The number of nitrogens with one attached hydrogen (secondary N) is 1. The van der Waals surface area contributed by atoms with E-state index in [1.165, 1.54) is 25.6 Å². The maximum atomic E-state index is 5.82. The second kappa shape index (κ2) is 4.68. The molecule has 0 bridgehead atoms. The summed E-state index contributed by atoms with van der Waals surface area (Å²) in [5, 5.41) is 3.45. The molecule has 16 heavy (non-hydrogen) atoms. The Morgan fingerprint density at radius 2 is 2.31 bits per heavy atom. The molecule has 0 saturated heterocycles. The maximum Gasteiger partial charge on any atom is 0.152 e. The first-order chi connectivity index (χ1) is 7.72. The van der Waals surface area contributed by atoms with Gasteiger partial charge in [0, 0.05) is 6.04 Å². The van der Waals surface area contributed by atoms with E-state index in [2.05, 4.69) is 29.1 Å². The van der Waals surface area contributed by atoms with E-state index in [9.17, 15) is 0 Å². The molecule has 2 rings (SSSR count). The molecule has 1 aromatic heterocycles. The van der Waals surface area contributed by atoms with Gasteiger partial charge in [0.1, 0.15) is 6.33 Å². The molecule has 3 N–H and O–H groups in total. The zero-order valence-corrected chi connectivity index (χ0v) is 9.98. The third kappa shape index (κ3) is 2.10. The van der Waals surface area contributed by atoms with Gasteiger partial charge in [-0.1, -0.05) is 20.3 Å². The van der Waals surface area contributed by atoms with Gasteiger partial charge in [-0.15, -0.1) is 0 Å². The summed E-state index contributed by atoms with van der Waals surface area (Å²) in [6, 6.07) is 0.502. The topological polar surface area (TPSA) is 63.8 Å². The summed E-state index contributed by atoms with van der Waals surface area (Å²) in [6.07, 6.45) is 6.96. The van der Waals surface area contributed by atoms with Crippen LogP contribution in [0.15, 0.2) is 12.5 Å². The SMILES string of the molecule is CCC1CCC(Nc2ncncc2N)C1C. The zero-order valence-electron chi connectivity index (χ0n) is 9.98. The Labute approximate surface area is 96.7 Å². The molecule has 3 atom stereocenters. The molecule has 3 unspecified atom stereocenters. The van der Waals surface area contributed by atoms with Crippen molar-refractivity contribution in [3.05, 3.63) is 12.5 Å². The van der Waals surface area contributed by atoms with Crippen LogP contribution in [0.1, 0.15) is 33.1 Å². The van der Waals surface area contributed by atoms with Crippen LogP contribution in [0.2, 0.25) is 0 Å². The Bertz CT molecular complexity index is 353. The number of anilines is 2. The molecule has 1 aliphatic carbocycles. The van der Waals surface area contributed by atoms with Gasteiger partial charge in [0.2, 0.25) is 0 Å². The van der Waals surface area contributed by atoms with E-state index >= 15 is 0 Å². The lowest BCUT2D eigenvalue weighted by atomic mass is 9.93. The highest BCUT2D eigenvalue weighted by atomic mass is 15.1. The van der Waals surface area contributed by atoms with E-state index in [0.29, 0.717) is 17.6 Å². The van der Waals surface area contributed by atoms with E-state index in [-0.39, 0.29) is 0 Å². The van der Waals surface area contributed by atoms with Crippen LogP contribution in [-0.4, -0.2) is 16.0 Å². The first-order valence-electron chi connectivity index (χ1n) is 6.04. The predicted molar refractivity (Wildman–Crippen MR) is 66.0 cm³/mol. The van der Waals surface area contributed by atoms with Crippen LogP contribution in [0.5, 0.6) is 0 Å². The highest BCUT2D eigenvalue weighted by molar-refractivity contribution is 5.59. The van der Waals surface area contributed by atoms with Gasteiger partial charge < -0.3 is 11.1 Å². The molecule has 0 aliphatic heterocycles. The highest BCUT2D eigenvalue weighted by Crippen LogP contribution is 2.35. The van der Waals surface area contributed by atoms with Crippen molar-refractivity contribution in [3.8, 4) is 0 Å². The maximum absolute atomic E-state index is 5.82. The first-order valence-corrected chi connectivity index (χ1v) is 6.04. The number of nitrogens with zero attached hydrogens (tertiary/aromatic N) is 2. The number of nitrogens with two attached hydrogens (primary N) is 1. The van der Waals surface area contributed by atoms with Crippen molar-refractivity contribution in [3.63, 3.8) is 0 Å². The van der Waals surface area contributed by atoms with Gasteiger partial charge in [-0.25, -0.2) is 9.97 Å². The van der Waals surface area contributed by atoms with Gasteiger partial charge in [-0.05, 0) is 24.7 Å². The Morgan fingerprint density at radius 1 is 1.50 bits per heavy atom. The molecule has 4 nitrogen and oxygen atoms in total. The Hall–Kier alpha value is -1.32. The van der Waals surface area contributed by atoms with Gasteiger partial charge >= 0.3 is 0 Å². The van der Waals surface area contributed by atoms with Crippen molar-refractivity contribution in [2.75, 3.05) is 11.1 Å². The summed E-state index contributed by atoms with van der Waals surface area (Å²) in [5.74, 6) is 2.31. The van der Waals surface area contributed by atoms with Crippen LogP contribution in [0.4, 0.5) is 11.5 Å². The smallest absolute Gasteiger partial charge is 0.152 e. The summed E-state index contributed by atoms with van der Waals surface area (Å²) >= 11 is 0. The minimum atomic E-state index is 0.502. The summed E-state index contributed by atoms with van der Waals surface area (Å²) in [6.45, 7) is 4.58. The lowest BCUT2D eigenvalue weighted by molar-refractivity contribution is 0.391.